The Hall–Kier alpha value is -2.41. The predicted octanol–water partition coefficient (Wildman–Crippen LogP) is 0.891. The van der Waals surface area contributed by atoms with Gasteiger partial charge in [0.2, 0.25) is 5.91 Å². The molecule has 0 aliphatic carbocycles. The Labute approximate surface area is 141 Å². The molecule has 0 N–H and O–H groups in total. The van der Waals surface area contributed by atoms with Gasteiger partial charge in [-0.05, 0) is 12.1 Å². The number of carbonyl (C=O) groups is 1. The minimum atomic E-state index is 0.186. The lowest BCUT2D eigenvalue weighted by Crippen LogP contribution is -2.49. The first-order valence-corrected chi connectivity index (χ1v) is 8.31. The summed E-state index contributed by atoms with van der Waals surface area (Å²) in [5.41, 5.74) is 0. The molecule has 0 bridgehead atoms. The molecule has 1 aromatic carbocycles. The molecule has 7 nitrogen and oxygen atoms in total. The van der Waals surface area contributed by atoms with Crippen LogP contribution in [0.5, 0.6) is 5.75 Å². The van der Waals surface area contributed by atoms with E-state index < -0.39 is 0 Å². The topological polar surface area (TPSA) is 63.5 Å². The van der Waals surface area contributed by atoms with Crippen LogP contribution >= 0.6 is 0 Å². The Kier molecular flexibility index (Phi) is 5.79. The van der Waals surface area contributed by atoms with Crippen LogP contribution in [0.4, 0.5) is 0 Å². The second-order valence-electron chi connectivity index (χ2n) is 5.79. The zero-order valence-electron chi connectivity index (χ0n) is 13.8. The summed E-state index contributed by atoms with van der Waals surface area (Å²) in [6.07, 6.45) is 3.60. The number of hydrogen-bond acceptors (Lipinski definition) is 5. The molecule has 0 radical (unpaired) electrons. The average molecular weight is 329 g/mol. The first-order valence-electron chi connectivity index (χ1n) is 8.31. The molecule has 7 heteroatoms. The summed E-state index contributed by atoms with van der Waals surface area (Å²) < 4.78 is 7.41. The number of nitrogens with zero attached hydrogens (tertiary/aromatic N) is 5. The standard InChI is InChI=1S/C17H23N5O2/c23-17(6-7-22-15-18-14-19-22)21-10-8-20(9-11-21)12-13-24-16-4-2-1-3-5-16/h1-5,14-15H,6-13H2. The fraction of sp³-hybridized carbons (Fsp3) is 0.471. The van der Waals surface area contributed by atoms with E-state index in [0.717, 1.165) is 38.5 Å². The molecule has 128 valence electrons. The largest absolute Gasteiger partial charge is 0.492 e. The van der Waals surface area contributed by atoms with Crippen LogP contribution in [-0.2, 0) is 11.3 Å². The van der Waals surface area contributed by atoms with Crippen LogP contribution in [0.15, 0.2) is 43.0 Å². The van der Waals surface area contributed by atoms with Gasteiger partial charge in [-0.25, -0.2) is 4.98 Å². The third-order valence-electron chi connectivity index (χ3n) is 4.17. The molecule has 1 amide bonds. The van der Waals surface area contributed by atoms with Crippen LogP contribution in [0.2, 0.25) is 0 Å². The van der Waals surface area contributed by atoms with E-state index in [1.54, 1.807) is 11.0 Å². The summed E-state index contributed by atoms with van der Waals surface area (Å²) in [7, 11) is 0. The number of carbonyl (C=O) groups excluding carboxylic acids is 1. The number of aromatic nitrogens is 3. The van der Waals surface area contributed by atoms with Crippen molar-refractivity contribution in [3.63, 3.8) is 0 Å². The van der Waals surface area contributed by atoms with Gasteiger partial charge >= 0.3 is 0 Å². The smallest absolute Gasteiger partial charge is 0.224 e. The van der Waals surface area contributed by atoms with Crippen molar-refractivity contribution in [2.75, 3.05) is 39.3 Å². The lowest BCUT2D eigenvalue weighted by Gasteiger charge is -2.34. The van der Waals surface area contributed by atoms with E-state index in [2.05, 4.69) is 15.0 Å². The number of amides is 1. The van der Waals surface area contributed by atoms with Crippen LogP contribution in [0.1, 0.15) is 6.42 Å². The fourth-order valence-electron chi connectivity index (χ4n) is 2.75. The molecule has 1 fully saturated rings. The molecule has 1 aliphatic rings. The molecule has 0 spiro atoms. The SMILES string of the molecule is O=C(CCn1cncn1)N1CCN(CCOc2ccccc2)CC1. The Bertz CT molecular complexity index is 609. The summed E-state index contributed by atoms with van der Waals surface area (Å²) in [5, 5.41) is 4.02. The van der Waals surface area contributed by atoms with Crippen molar-refractivity contribution in [1.82, 2.24) is 24.6 Å². The summed E-state index contributed by atoms with van der Waals surface area (Å²) in [5.74, 6) is 1.09. The van der Waals surface area contributed by atoms with Gasteiger partial charge in [0.1, 0.15) is 25.0 Å². The van der Waals surface area contributed by atoms with Gasteiger partial charge in [-0.2, -0.15) is 5.10 Å². The molecule has 3 rings (SSSR count). The van der Waals surface area contributed by atoms with Crippen molar-refractivity contribution in [1.29, 1.82) is 0 Å². The van der Waals surface area contributed by atoms with Gasteiger partial charge in [0.25, 0.3) is 0 Å². The number of hydrogen-bond donors (Lipinski definition) is 0. The maximum atomic E-state index is 12.2. The van der Waals surface area contributed by atoms with Gasteiger partial charge in [-0.1, -0.05) is 18.2 Å². The van der Waals surface area contributed by atoms with Crippen LogP contribution < -0.4 is 4.74 Å². The molecular formula is C17H23N5O2. The fourth-order valence-corrected chi connectivity index (χ4v) is 2.75. The molecule has 2 heterocycles. The highest BCUT2D eigenvalue weighted by molar-refractivity contribution is 5.76. The first kappa shape index (κ1) is 16.4. The molecule has 0 atom stereocenters. The molecule has 0 saturated carbocycles. The number of rotatable bonds is 7. The first-order chi connectivity index (χ1) is 11.8. The summed E-state index contributed by atoms with van der Waals surface area (Å²) >= 11 is 0. The lowest BCUT2D eigenvalue weighted by molar-refractivity contribution is -0.133. The summed E-state index contributed by atoms with van der Waals surface area (Å²) in [4.78, 5) is 20.4. The number of piperazine rings is 1. The normalized spacial score (nSPS) is 15.4. The average Bonchev–Trinajstić information content (AvgIpc) is 3.15. The summed E-state index contributed by atoms with van der Waals surface area (Å²) in [6, 6.07) is 9.85. The van der Waals surface area contributed by atoms with Crippen molar-refractivity contribution >= 4 is 5.91 Å². The van der Waals surface area contributed by atoms with E-state index >= 15 is 0 Å². The molecule has 0 unspecified atom stereocenters. The highest BCUT2D eigenvalue weighted by Gasteiger charge is 2.20. The maximum Gasteiger partial charge on any atom is 0.224 e. The van der Waals surface area contributed by atoms with E-state index in [-0.39, 0.29) is 5.91 Å². The van der Waals surface area contributed by atoms with Crippen LogP contribution in [0, 0.1) is 0 Å². The second kappa shape index (κ2) is 8.44. The van der Waals surface area contributed by atoms with Gasteiger partial charge < -0.3 is 9.64 Å². The second-order valence-corrected chi connectivity index (χ2v) is 5.79. The monoisotopic (exact) mass is 329 g/mol. The van der Waals surface area contributed by atoms with Gasteiger partial charge in [0, 0.05) is 39.1 Å². The van der Waals surface area contributed by atoms with Gasteiger partial charge in [-0.3, -0.25) is 14.4 Å². The van der Waals surface area contributed by atoms with Crippen molar-refractivity contribution < 1.29 is 9.53 Å². The van der Waals surface area contributed by atoms with Crippen molar-refractivity contribution in [2.24, 2.45) is 0 Å². The van der Waals surface area contributed by atoms with Crippen LogP contribution in [0.3, 0.4) is 0 Å². The Balaban J connectivity index is 1.32. The zero-order chi connectivity index (χ0) is 16.6. The maximum absolute atomic E-state index is 12.2. The van der Waals surface area contributed by atoms with Gasteiger partial charge in [-0.15, -0.1) is 0 Å². The molecule has 24 heavy (non-hydrogen) atoms. The van der Waals surface area contributed by atoms with E-state index in [9.17, 15) is 4.79 Å². The Morgan fingerprint density at radius 2 is 1.88 bits per heavy atom. The number of para-hydroxylation sites is 1. The third kappa shape index (κ3) is 4.79. The highest BCUT2D eigenvalue weighted by Crippen LogP contribution is 2.09. The van der Waals surface area contributed by atoms with Gasteiger partial charge in [0.05, 0.1) is 6.54 Å². The predicted molar refractivity (Wildman–Crippen MR) is 89.6 cm³/mol. The molecule has 1 saturated heterocycles. The quantitative estimate of drug-likeness (QED) is 0.755. The molecule has 2 aromatic rings. The highest BCUT2D eigenvalue weighted by atomic mass is 16.5. The zero-order valence-corrected chi connectivity index (χ0v) is 13.8. The lowest BCUT2D eigenvalue weighted by atomic mass is 10.2. The van der Waals surface area contributed by atoms with Crippen molar-refractivity contribution in [2.45, 2.75) is 13.0 Å². The van der Waals surface area contributed by atoms with Gasteiger partial charge in [0.15, 0.2) is 0 Å². The minimum absolute atomic E-state index is 0.186. The third-order valence-corrected chi connectivity index (χ3v) is 4.17. The van der Waals surface area contributed by atoms with E-state index in [1.165, 1.54) is 6.33 Å². The summed E-state index contributed by atoms with van der Waals surface area (Å²) in [6.45, 7) is 5.49. The number of aryl methyl sites for hydroxylation is 1. The Morgan fingerprint density at radius 1 is 1.08 bits per heavy atom. The van der Waals surface area contributed by atoms with Crippen molar-refractivity contribution in [3.05, 3.63) is 43.0 Å². The van der Waals surface area contributed by atoms with E-state index in [1.807, 2.05) is 35.2 Å². The van der Waals surface area contributed by atoms with E-state index in [4.69, 9.17) is 4.74 Å². The van der Waals surface area contributed by atoms with Crippen LogP contribution in [-0.4, -0.2) is 69.8 Å². The molecular weight excluding hydrogens is 306 g/mol. The number of benzene rings is 1. The van der Waals surface area contributed by atoms with E-state index in [0.29, 0.717) is 19.6 Å². The number of ether oxygens (including phenoxy) is 1. The minimum Gasteiger partial charge on any atom is -0.492 e. The molecule has 1 aliphatic heterocycles. The van der Waals surface area contributed by atoms with Crippen LogP contribution in [0.25, 0.3) is 0 Å². The Morgan fingerprint density at radius 3 is 2.58 bits per heavy atom. The molecule has 1 aromatic heterocycles. The van der Waals surface area contributed by atoms with Crippen molar-refractivity contribution in [3.8, 4) is 5.75 Å².